The second-order valence-corrected chi connectivity index (χ2v) is 2.67. The summed E-state index contributed by atoms with van der Waals surface area (Å²) in [6.45, 7) is 5.56. The highest BCUT2D eigenvalue weighted by Gasteiger charge is 1.90. The molecule has 0 saturated carbocycles. The first-order valence-electron chi connectivity index (χ1n) is 3.67. The van der Waals surface area contributed by atoms with Gasteiger partial charge in [-0.05, 0) is 12.5 Å². The molecule has 0 aromatic carbocycles. The Kier molecular flexibility index (Phi) is 6.14. The lowest BCUT2D eigenvalue weighted by atomic mass is 10.1. The summed E-state index contributed by atoms with van der Waals surface area (Å²) in [4.78, 5) is 0. The second-order valence-electron chi connectivity index (χ2n) is 2.36. The molecule has 0 aliphatic heterocycles. The van der Waals surface area contributed by atoms with Crippen LogP contribution in [-0.2, 0) is 0 Å². The molecule has 2 heteroatoms. The summed E-state index contributed by atoms with van der Waals surface area (Å²) in [6, 6.07) is 2.07. The number of rotatable bonds is 4. The maximum Gasteiger partial charge on any atom is 0.0669 e. The summed E-state index contributed by atoms with van der Waals surface area (Å²) in [6.07, 6.45) is 5.90. The molecule has 0 fully saturated rings. The topological polar surface area (TPSA) is 23.8 Å². The van der Waals surface area contributed by atoms with Gasteiger partial charge in [-0.2, -0.15) is 5.26 Å². The molecule has 0 rings (SSSR count). The Bertz CT molecular complexity index is 243. The summed E-state index contributed by atoms with van der Waals surface area (Å²) in [5.74, 6) is 0.499. The van der Waals surface area contributed by atoms with Gasteiger partial charge in [0.2, 0.25) is 0 Å². The SMILES string of the molecule is C=C/C(=C\C(C)=C/CCl)CC#N. The minimum absolute atomic E-state index is 0.400. The van der Waals surface area contributed by atoms with Crippen LogP contribution in [0.1, 0.15) is 13.3 Å². The molecule has 0 aromatic rings. The average molecular weight is 182 g/mol. The van der Waals surface area contributed by atoms with Gasteiger partial charge in [0, 0.05) is 5.88 Å². The first-order valence-corrected chi connectivity index (χ1v) is 4.20. The number of nitrogens with zero attached hydrogens (tertiary/aromatic N) is 1. The van der Waals surface area contributed by atoms with Gasteiger partial charge in [0.15, 0.2) is 0 Å². The van der Waals surface area contributed by atoms with Crippen LogP contribution in [0.25, 0.3) is 0 Å². The van der Waals surface area contributed by atoms with Crippen molar-refractivity contribution < 1.29 is 0 Å². The molecule has 0 aliphatic carbocycles. The van der Waals surface area contributed by atoms with Crippen molar-refractivity contribution >= 4 is 11.6 Å². The van der Waals surface area contributed by atoms with E-state index in [2.05, 4.69) is 12.6 Å². The molecule has 0 bridgehead atoms. The molecule has 1 nitrogen and oxygen atoms in total. The summed E-state index contributed by atoms with van der Waals surface area (Å²) in [5, 5.41) is 8.43. The standard InChI is InChI=1S/C10H12ClN/c1-3-10(5-7-12)8-9(2)4-6-11/h3-4,8H,1,5-6H2,2H3/b9-4-,10-8+. The van der Waals surface area contributed by atoms with Gasteiger partial charge in [0.25, 0.3) is 0 Å². The van der Waals surface area contributed by atoms with Gasteiger partial charge in [-0.25, -0.2) is 0 Å². The summed E-state index contributed by atoms with van der Waals surface area (Å²) in [7, 11) is 0. The van der Waals surface area contributed by atoms with Gasteiger partial charge in [-0.1, -0.05) is 30.4 Å². The number of hydrogen-bond acceptors (Lipinski definition) is 1. The van der Waals surface area contributed by atoms with Gasteiger partial charge in [-0.3, -0.25) is 0 Å². The molecule has 0 radical (unpaired) electrons. The Morgan fingerprint density at radius 1 is 1.67 bits per heavy atom. The predicted octanol–water partition coefficient (Wildman–Crippen LogP) is 3.20. The van der Waals surface area contributed by atoms with E-state index in [0.717, 1.165) is 11.1 Å². The molecular formula is C10H12ClN. The highest BCUT2D eigenvalue weighted by Crippen LogP contribution is 2.06. The molecule has 12 heavy (non-hydrogen) atoms. The van der Waals surface area contributed by atoms with Crippen LogP contribution in [0.3, 0.4) is 0 Å². The van der Waals surface area contributed by atoms with Crippen molar-refractivity contribution in [2.24, 2.45) is 0 Å². The molecule has 0 atom stereocenters. The van der Waals surface area contributed by atoms with Crippen molar-refractivity contribution in [1.82, 2.24) is 0 Å². The summed E-state index contributed by atoms with van der Waals surface area (Å²) < 4.78 is 0. The third kappa shape index (κ3) is 4.76. The Balaban J connectivity index is 4.39. The van der Waals surface area contributed by atoms with E-state index in [1.54, 1.807) is 6.08 Å². The van der Waals surface area contributed by atoms with E-state index in [1.807, 2.05) is 19.1 Å². The van der Waals surface area contributed by atoms with E-state index in [4.69, 9.17) is 16.9 Å². The fraction of sp³-hybridized carbons (Fsp3) is 0.300. The minimum atomic E-state index is 0.400. The third-order valence-electron chi connectivity index (χ3n) is 1.36. The Morgan fingerprint density at radius 2 is 2.33 bits per heavy atom. The number of nitriles is 1. The van der Waals surface area contributed by atoms with Gasteiger partial charge in [-0.15, -0.1) is 11.6 Å². The molecule has 0 N–H and O–H groups in total. The lowest BCUT2D eigenvalue weighted by molar-refractivity contribution is 1.26. The summed E-state index contributed by atoms with van der Waals surface area (Å²) in [5.41, 5.74) is 1.99. The number of alkyl halides is 1. The van der Waals surface area contributed by atoms with Gasteiger partial charge in [0.1, 0.15) is 0 Å². The zero-order valence-electron chi connectivity index (χ0n) is 7.18. The van der Waals surface area contributed by atoms with Crippen LogP contribution in [-0.4, -0.2) is 5.88 Å². The maximum atomic E-state index is 8.43. The Labute approximate surface area is 78.7 Å². The van der Waals surface area contributed by atoms with E-state index in [9.17, 15) is 0 Å². The largest absolute Gasteiger partial charge is 0.198 e. The fourth-order valence-corrected chi connectivity index (χ4v) is 0.990. The van der Waals surface area contributed by atoms with Gasteiger partial charge >= 0.3 is 0 Å². The molecule has 0 aliphatic rings. The lowest BCUT2D eigenvalue weighted by Gasteiger charge is -1.94. The fourth-order valence-electron chi connectivity index (χ4n) is 0.746. The first-order chi connectivity index (χ1) is 5.74. The van der Waals surface area contributed by atoms with E-state index >= 15 is 0 Å². The Hall–Kier alpha value is -1.00. The molecule has 0 unspecified atom stereocenters. The van der Waals surface area contributed by atoms with Crippen LogP contribution in [0.4, 0.5) is 0 Å². The minimum Gasteiger partial charge on any atom is -0.198 e. The molecule has 0 aromatic heterocycles. The van der Waals surface area contributed by atoms with Crippen LogP contribution in [0.2, 0.25) is 0 Å². The van der Waals surface area contributed by atoms with Crippen LogP contribution in [0.15, 0.2) is 36.0 Å². The second kappa shape index (κ2) is 6.69. The van der Waals surface area contributed by atoms with Crippen molar-refractivity contribution in [2.75, 3.05) is 5.88 Å². The van der Waals surface area contributed by atoms with Crippen LogP contribution in [0, 0.1) is 11.3 Å². The quantitative estimate of drug-likeness (QED) is 0.483. The third-order valence-corrected chi connectivity index (χ3v) is 1.51. The van der Waals surface area contributed by atoms with Gasteiger partial charge in [0.05, 0.1) is 12.5 Å². The number of halogens is 1. The average Bonchev–Trinajstić information content (AvgIpc) is 2.04. The molecular weight excluding hydrogens is 170 g/mol. The highest BCUT2D eigenvalue weighted by molar-refractivity contribution is 6.18. The van der Waals surface area contributed by atoms with Crippen molar-refractivity contribution in [2.45, 2.75) is 13.3 Å². The molecule has 0 spiro atoms. The monoisotopic (exact) mass is 181 g/mol. The van der Waals surface area contributed by atoms with E-state index in [0.29, 0.717) is 12.3 Å². The molecule has 0 amide bonds. The first kappa shape index (κ1) is 11.0. The Morgan fingerprint density at radius 3 is 2.75 bits per heavy atom. The van der Waals surface area contributed by atoms with Gasteiger partial charge < -0.3 is 0 Å². The van der Waals surface area contributed by atoms with Crippen LogP contribution < -0.4 is 0 Å². The zero-order chi connectivity index (χ0) is 9.40. The zero-order valence-corrected chi connectivity index (χ0v) is 7.93. The maximum absolute atomic E-state index is 8.43. The van der Waals surface area contributed by atoms with Crippen molar-refractivity contribution in [3.8, 4) is 6.07 Å². The van der Waals surface area contributed by atoms with Crippen LogP contribution >= 0.6 is 11.6 Å². The molecule has 64 valence electrons. The number of hydrogen-bond donors (Lipinski definition) is 0. The smallest absolute Gasteiger partial charge is 0.0669 e. The highest BCUT2D eigenvalue weighted by atomic mass is 35.5. The van der Waals surface area contributed by atoms with E-state index < -0.39 is 0 Å². The molecule has 0 saturated heterocycles. The summed E-state index contributed by atoms with van der Waals surface area (Å²) >= 11 is 5.50. The number of allylic oxidation sites excluding steroid dienone is 5. The van der Waals surface area contributed by atoms with E-state index in [1.165, 1.54) is 0 Å². The van der Waals surface area contributed by atoms with Crippen molar-refractivity contribution in [1.29, 1.82) is 5.26 Å². The van der Waals surface area contributed by atoms with Crippen LogP contribution in [0.5, 0.6) is 0 Å². The predicted molar refractivity (Wildman–Crippen MR) is 53.0 cm³/mol. The van der Waals surface area contributed by atoms with Crippen molar-refractivity contribution in [3.63, 3.8) is 0 Å². The molecule has 0 heterocycles. The normalized spacial score (nSPS) is 12.4. The lowest BCUT2D eigenvalue weighted by Crippen LogP contribution is -1.78. The van der Waals surface area contributed by atoms with E-state index in [-0.39, 0.29) is 0 Å². The van der Waals surface area contributed by atoms with Crippen molar-refractivity contribution in [3.05, 3.63) is 36.0 Å².